The molecular weight excluding hydrogens is 462 g/mol. The molecule has 1 fully saturated rings. The number of nitrogens with one attached hydrogen (secondary N) is 1. The average Bonchev–Trinajstić information content (AvgIpc) is 3.20. The normalized spacial score (nSPS) is 15.9. The highest BCUT2D eigenvalue weighted by molar-refractivity contribution is 6.06. The summed E-state index contributed by atoms with van der Waals surface area (Å²) in [5, 5.41) is 8.43. The Morgan fingerprint density at radius 1 is 1.22 bits per heavy atom. The molecule has 1 saturated heterocycles. The monoisotopic (exact) mass is 495 g/mol. The molecule has 0 spiro atoms. The van der Waals surface area contributed by atoms with E-state index in [-0.39, 0.29) is 36.8 Å². The molecule has 0 amide bonds. The van der Waals surface area contributed by atoms with E-state index in [0.29, 0.717) is 35.6 Å². The molecule has 10 nitrogen and oxygen atoms in total. The molecule has 1 unspecified atom stereocenters. The van der Waals surface area contributed by atoms with Gasteiger partial charge in [-0.15, -0.1) is 0 Å². The van der Waals surface area contributed by atoms with Crippen molar-refractivity contribution >= 4 is 34.0 Å². The van der Waals surface area contributed by atoms with Crippen LogP contribution in [0.5, 0.6) is 0 Å². The Kier molecular flexibility index (Phi) is 8.27. The highest BCUT2D eigenvalue weighted by atomic mass is 16.7. The molecule has 36 heavy (non-hydrogen) atoms. The number of rotatable bonds is 10. The van der Waals surface area contributed by atoms with E-state index >= 15 is 0 Å². The molecule has 0 radical (unpaired) electrons. The van der Waals surface area contributed by atoms with Crippen molar-refractivity contribution in [1.29, 1.82) is 0 Å². The molecule has 1 aliphatic rings. The van der Waals surface area contributed by atoms with Crippen LogP contribution in [0.3, 0.4) is 0 Å². The Labute approximate surface area is 210 Å². The van der Waals surface area contributed by atoms with Gasteiger partial charge in [-0.3, -0.25) is 14.3 Å². The minimum Gasteiger partial charge on any atom is -0.464 e. The Hall–Kier alpha value is -3.37. The Balaban J connectivity index is 1.70. The van der Waals surface area contributed by atoms with Crippen LogP contribution in [-0.4, -0.2) is 51.0 Å². The van der Waals surface area contributed by atoms with Crippen LogP contribution in [0.2, 0.25) is 0 Å². The summed E-state index contributed by atoms with van der Waals surface area (Å²) in [5.74, 6) is 0.286. The number of hydrogen-bond donors (Lipinski definition) is 1. The van der Waals surface area contributed by atoms with Gasteiger partial charge in [-0.2, -0.15) is 5.10 Å². The molecule has 2 aromatic heterocycles. The lowest BCUT2D eigenvalue weighted by Gasteiger charge is -2.23. The van der Waals surface area contributed by atoms with Gasteiger partial charge in [0.25, 0.3) is 0 Å². The van der Waals surface area contributed by atoms with Crippen molar-refractivity contribution in [2.45, 2.75) is 66.4 Å². The van der Waals surface area contributed by atoms with Gasteiger partial charge < -0.3 is 19.5 Å². The number of ketones is 1. The number of aryl methyl sites for hydroxylation is 1. The lowest BCUT2D eigenvalue weighted by Crippen LogP contribution is -2.22. The quantitative estimate of drug-likeness (QED) is 0.324. The number of carbonyl (C=O) groups is 2. The SMILES string of the molecule is CC(=O)c1nn(CC(=O)OCC(C)C)c2cc(COC3CCCCO3)c(Nc3cnc(C)nc3)cc12. The Morgan fingerprint density at radius 3 is 2.67 bits per heavy atom. The van der Waals surface area contributed by atoms with Gasteiger partial charge in [-0.05, 0) is 44.2 Å². The van der Waals surface area contributed by atoms with Gasteiger partial charge in [0.05, 0.1) is 36.8 Å². The molecule has 4 rings (SSSR count). The number of anilines is 2. The number of hydrogen-bond acceptors (Lipinski definition) is 9. The lowest BCUT2D eigenvalue weighted by molar-refractivity contribution is -0.168. The highest BCUT2D eigenvalue weighted by Gasteiger charge is 2.21. The number of benzene rings is 1. The van der Waals surface area contributed by atoms with Gasteiger partial charge >= 0.3 is 5.97 Å². The second-order valence-electron chi connectivity index (χ2n) is 9.42. The number of esters is 1. The second kappa shape index (κ2) is 11.6. The minimum atomic E-state index is -0.407. The van der Waals surface area contributed by atoms with Crippen LogP contribution in [0.4, 0.5) is 11.4 Å². The summed E-state index contributed by atoms with van der Waals surface area (Å²) in [6.45, 7) is 8.41. The maximum absolute atomic E-state index is 12.5. The summed E-state index contributed by atoms with van der Waals surface area (Å²) >= 11 is 0. The topological polar surface area (TPSA) is 117 Å². The Morgan fingerprint density at radius 2 is 2.00 bits per heavy atom. The van der Waals surface area contributed by atoms with Crippen LogP contribution in [0.15, 0.2) is 24.5 Å². The maximum Gasteiger partial charge on any atom is 0.327 e. The molecule has 0 saturated carbocycles. The molecule has 1 N–H and O–H groups in total. The van der Waals surface area contributed by atoms with Crippen LogP contribution in [-0.2, 0) is 32.2 Å². The van der Waals surface area contributed by atoms with Crippen molar-refractivity contribution < 1.29 is 23.8 Å². The first-order chi connectivity index (χ1) is 17.3. The van der Waals surface area contributed by atoms with Gasteiger partial charge in [-0.25, -0.2) is 9.97 Å². The third kappa shape index (κ3) is 6.44. The van der Waals surface area contributed by atoms with Gasteiger partial charge in [-0.1, -0.05) is 13.8 Å². The van der Waals surface area contributed by atoms with E-state index in [9.17, 15) is 9.59 Å². The third-order valence-electron chi connectivity index (χ3n) is 5.79. The van der Waals surface area contributed by atoms with Gasteiger partial charge in [0.2, 0.25) is 0 Å². The molecular formula is C26H33N5O5. The van der Waals surface area contributed by atoms with Crippen molar-refractivity contribution in [1.82, 2.24) is 19.7 Å². The number of ether oxygens (including phenoxy) is 3. The first-order valence-electron chi connectivity index (χ1n) is 12.3. The molecule has 1 aromatic carbocycles. The Bertz CT molecular complexity index is 1220. The zero-order valence-corrected chi connectivity index (χ0v) is 21.2. The largest absolute Gasteiger partial charge is 0.464 e. The lowest BCUT2D eigenvalue weighted by atomic mass is 10.1. The first-order valence-corrected chi connectivity index (χ1v) is 12.3. The fraction of sp³-hybridized carbons (Fsp3) is 0.500. The number of Topliss-reactive ketones (excluding diaryl/α,β-unsaturated/α-hetero) is 1. The summed E-state index contributed by atoms with van der Waals surface area (Å²) in [6.07, 6.45) is 6.05. The molecule has 3 aromatic rings. The predicted molar refractivity (Wildman–Crippen MR) is 134 cm³/mol. The van der Waals surface area contributed by atoms with Crippen LogP contribution < -0.4 is 5.32 Å². The van der Waals surface area contributed by atoms with Gasteiger partial charge in [0.1, 0.15) is 18.1 Å². The van der Waals surface area contributed by atoms with E-state index in [1.54, 1.807) is 12.4 Å². The molecule has 0 bridgehead atoms. The molecule has 1 aliphatic heterocycles. The fourth-order valence-electron chi connectivity index (χ4n) is 3.95. The number of fused-ring (bicyclic) bond motifs is 1. The molecule has 0 aliphatic carbocycles. The highest BCUT2D eigenvalue weighted by Crippen LogP contribution is 2.31. The number of carbonyl (C=O) groups excluding carboxylic acids is 2. The standard InChI is InChI=1S/C26H33N5O5/c1-16(2)14-35-24(33)13-31-23-9-19(15-36-25-7-5-6-8-34-25)22(10-21(23)26(30-31)17(3)32)29-20-11-27-18(4)28-12-20/h9-12,16,25,29H,5-8,13-15H2,1-4H3. The zero-order valence-electron chi connectivity index (χ0n) is 21.2. The van der Waals surface area contributed by atoms with E-state index in [0.717, 1.165) is 30.5 Å². The predicted octanol–water partition coefficient (Wildman–Crippen LogP) is 4.32. The number of aromatic nitrogens is 4. The van der Waals surface area contributed by atoms with Gasteiger partial charge in [0, 0.05) is 30.2 Å². The van der Waals surface area contributed by atoms with E-state index in [2.05, 4.69) is 20.4 Å². The van der Waals surface area contributed by atoms with Crippen LogP contribution in [0.1, 0.15) is 61.9 Å². The summed E-state index contributed by atoms with van der Waals surface area (Å²) in [4.78, 5) is 33.4. The molecule has 1 atom stereocenters. The van der Waals surface area contributed by atoms with E-state index in [1.165, 1.54) is 11.6 Å². The summed E-state index contributed by atoms with van der Waals surface area (Å²) in [6, 6.07) is 3.75. The van der Waals surface area contributed by atoms with Crippen molar-refractivity contribution in [2.24, 2.45) is 5.92 Å². The smallest absolute Gasteiger partial charge is 0.327 e. The molecule has 192 valence electrons. The van der Waals surface area contributed by atoms with E-state index < -0.39 is 5.97 Å². The van der Waals surface area contributed by atoms with Crippen molar-refractivity contribution in [3.8, 4) is 0 Å². The summed E-state index contributed by atoms with van der Waals surface area (Å²) < 4.78 is 18.7. The first kappa shape index (κ1) is 25.7. The summed E-state index contributed by atoms with van der Waals surface area (Å²) in [5.41, 5.74) is 3.19. The average molecular weight is 496 g/mol. The molecule has 3 heterocycles. The van der Waals surface area contributed by atoms with Gasteiger partial charge in [0.15, 0.2) is 12.1 Å². The van der Waals surface area contributed by atoms with Crippen molar-refractivity contribution in [3.05, 3.63) is 41.6 Å². The number of nitrogens with zero attached hydrogens (tertiary/aromatic N) is 4. The van der Waals surface area contributed by atoms with Crippen molar-refractivity contribution in [3.63, 3.8) is 0 Å². The van der Waals surface area contributed by atoms with E-state index in [4.69, 9.17) is 14.2 Å². The second-order valence-corrected chi connectivity index (χ2v) is 9.42. The van der Waals surface area contributed by atoms with Crippen molar-refractivity contribution in [2.75, 3.05) is 18.5 Å². The summed E-state index contributed by atoms with van der Waals surface area (Å²) in [7, 11) is 0. The van der Waals surface area contributed by atoms with Crippen LogP contribution in [0.25, 0.3) is 10.9 Å². The van der Waals surface area contributed by atoms with E-state index in [1.807, 2.05) is 32.9 Å². The zero-order chi connectivity index (χ0) is 25.7. The van der Waals surface area contributed by atoms with Crippen LogP contribution in [0, 0.1) is 12.8 Å². The minimum absolute atomic E-state index is 0.0961. The third-order valence-corrected chi connectivity index (χ3v) is 5.79. The molecule has 10 heteroatoms. The maximum atomic E-state index is 12.5. The fourth-order valence-corrected chi connectivity index (χ4v) is 3.95. The van der Waals surface area contributed by atoms with Crippen LogP contribution >= 0.6 is 0 Å².